The highest BCUT2D eigenvalue weighted by atomic mass is 16.4. The first kappa shape index (κ1) is 10.3. The summed E-state index contributed by atoms with van der Waals surface area (Å²) in [5.41, 5.74) is 1.68. The third kappa shape index (κ3) is 1.74. The lowest BCUT2D eigenvalue weighted by molar-refractivity contribution is 0.0695. The van der Waals surface area contributed by atoms with Crippen LogP contribution in [-0.4, -0.2) is 11.1 Å². The molecule has 0 saturated carbocycles. The quantitative estimate of drug-likeness (QED) is 0.776. The van der Waals surface area contributed by atoms with Gasteiger partial charge in [-0.1, -0.05) is 12.1 Å². The van der Waals surface area contributed by atoms with Crippen molar-refractivity contribution in [2.24, 2.45) is 0 Å². The lowest BCUT2D eigenvalue weighted by atomic mass is 9.92. The molecular formula is C11H11NO2. The van der Waals surface area contributed by atoms with E-state index in [4.69, 9.17) is 10.4 Å². The van der Waals surface area contributed by atoms with Crippen LogP contribution in [-0.2, 0) is 0 Å². The second-order valence-electron chi connectivity index (χ2n) is 3.19. The molecule has 1 N–H and O–H groups in total. The average molecular weight is 189 g/mol. The van der Waals surface area contributed by atoms with Crippen LogP contribution in [0.1, 0.15) is 34.3 Å². The first-order valence-electron chi connectivity index (χ1n) is 4.30. The Kier molecular flexibility index (Phi) is 2.88. The summed E-state index contributed by atoms with van der Waals surface area (Å²) in [5, 5.41) is 17.7. The van der Waals surface area contributed by atoms with Gasteiger partial charge >= 0.3 is 5.97 Å². The van der Waals surface area contributed by atoms with Crippen molar-refractivity contribution >= 4 is 5.97 Å². The van der Waals surface area contributed by atoms with Crippen LogP contribution in [0.4, 0.5) is 0 Å². The van der Waals surface area contributed by atoms with Crippen molar-refractivity contribution in [3.63, 3.8) is 0 Å². The molecule has 0 amide bonds. The molecule has 1 atom stereocenters. The molecular weight excluding hydrogens is 178 g/mol. The highest BCUT2D eigenvalue weighted by molar-refractivity contribution is 5.90. The van der Waals surface area contributed by atoms with Gasteiger partial charge in [0.05, 0.1) is 17.6 Å². The summed E-state index contributed by atoms with van der Waals surface area (Å²) in [6, 6.07) is 7.08. The summed E-state index contributed by atoms with van der Waals surface area (Å²) in [4.78, 5) is 10.9. The number of hydrogen-bond donors (Lipinski definition) is 1. The Morgan fingerprint density at radius 1 is 1.57 bits per heavy atom. The van der Waals surface area contributed by atoms with Gasteiger partial charge < -0.3 is 5.11 Å². The number of hydrogen-bond acceptors (Lipinski definition) is 2. The van der Waals surface area contributed by atoms with E-state index in [-0.39, 0.29) is 11.5 Å². The summed E-state index contributed by atoms with van der Waals surface area (Å²) < 4.78 is 0. The minimum Gasteiger partial charge on any atom is -0.478 e. The third-order valence-electron chi connectivity index (χ3n) is 2.18. The molecule has 1 aromatic carbocycles. The maximum atomic E-state index is 10.9. The molecule has 1 unspecified atom stereocenters. The highest BCUT2D eigenvalue weighted by Gasteiger charge is 2.16. The van der Waals surface area contributed by atoms with E-state index < -0.39 is 5.97 Å². The van der Waals surface area contributed by atoms with E-state index >= 15 is 0 Å². The van der Waals surface area contributed by atoms with Gasteiger partial charge in [-0.15, -0.1) is 0 Å². The lowest BCUT2D eigenvalue weighted by Crippen LogP contribution is -2.06. The van der Waals surface area contributed by atoms with E-state index in [2.05, 4.69) is 6.07 Å². The smallest absolute Gasteiger partial charge is 0.336 e. The number of carboxylic acid groups (broad SMARTS) is 1. The summed E-state index contributed by atoms with van der Waals surface area (Å²) in [5.74, 6) is -1.37. The number of nitriles is 1. The van der Waals surface area contributed by atoms with E-state index in [9.17, 15) is 4.79 Å². The first-order chi connectivity index (χ1) is 6.57. The number of carbonyl (C=O) groups is 1. The molecule has 72 valence electrons. The van der Waals surface area contributed by atoms with Crippen molar-refractivity contribution in [3.8, 4) is 6.07 Å². The van der Waals surface area contributed by atoms with E-state index in [0.29, 0.717) is 5.56 Å². The minimum absolute atomic E-state index is 0.221. The third-order valence-corrected chi connectivity index (χ3v) is 2.18. The van der Waals surface area contributed by atoms with Crippen LogP contribution < -0.4 is 0 Å². The van der Waals surface area contributed by atoms with Crippen LogP contribution in [0.2, 0.25) is 0 Å². The van der Waals surface area contributed by atoms with Crippen molar-refractivity contribution in [2.45, 2.75) is 19.8 Å². The van der Waals surface area contributed by atoms with Crippen molar-refractivity contribution in [1.82, 2.24) is 0 Å². The van der Waals surface area contributed by atoms with Crippen molar-refractivity contribution in [2.75, 3.05) is 0 Å². The summed E-state index contributed by atoms with van der Waals surface area (Å²) in [6.07, 6.45) is 0. The topological polar surface area (TPSA) is 61.1 Å². The predicted octanol–water partition coefficient (Wildman–Crippen LogP) is 2.32. The van der Waals surface area contributed by atoms with Gasteiger partial charge in [0, 0.05) is 0 Å². The van der Waals surface area contributed by atoms with E-state index in [0.717, 1.165) is 5.56 Å². The lowest BCUT2D eigenvalue weighted by Gasteiger charge is -2.10. The van der Waals surface area contributed by atoms with Crippen LogP contribution in [0.15, 0.2) is 18.2 Å². The molecule has 0 heterocycles. The van der Waals surface area contributed by atoms with Crippen LogP contribution in [0.3, 0.4) is 0 Å². The average Bonchev–Trinajstić information content (AvgIpc) is 2.16. The van der Waals surface area contributed by atoms with Crippen LogP contribution in [0.25, 0.3) is 0 Å². The standard InChI is InChI=1S/C11H11NO2/c1-7-4-3-5-9(11(13)14)10(7)8(2)6-12/h3-5,8H,1-2H3,(H,13,14). The van der Waals surface area contributed by atoms with Gasteiger partial charge in [-0.2, -0.15) is 5.26 Å². The molecule has 1 aromatic rings. The molecule has 0 saturated heterocycles. The van der Waals surface area contributed by atoms with Gasteiger partial charge in [0.1, 0.15) is 0 Å². The number of carboxylic acids is 1. The van der Waals surface area contributed by atoms with Crippen LogP contribution in [0, 0.1) is 18.3 Å². The fourth-order valence-corrected chi connectivity index (χ4v) is 1.51. The van der Waals surface area contributed by atoms with Crippen molar-refractivity contribution < 1.29 is 9.90 Å². The number of benzene rings is 1. The fraction of sp³-hybridized carbons (Fsp3) is 0.273. The second kappa shape index (κ2) is 3.93. The number of aryl methyl sites for hydroxylation is 1. The summed E-state index contributed by atoms with van der Waals surface area (Å²) >= 11 is 0. The molecule has 14 heavy (non-hydrogen) atoms. The molecule has 0 fully saturated rings. The summed E-state index contributed by atoms with van der Waals surface area (Å²) in [6.45, 7) is 3.52. The molecule has 0 aliphatic rings. The Morgan fingerprint density at radius 2 is 2.21 bits per heavy atom. The highest BCUT2D eigenvalue weighted by Crippen LogP contribution is 2.23. The second-order valence-corrected chi connectivity index (χ2v) is 3.19. The van der Waals surface area contributed by atoms with Crippen LogP contribution >= 0.6 is 0 Å². The van der Waals surface area contributed by atoms with Gasteiger partial charge in [0.15, 0.2) is 0 Å². The van der Waals surface area contributed by atoms with Crippen LogP contribution in [0.5, 0.6) is 0 Å². The van der Waals surface area contributed by atoms with Gasteiger partial charge in [-0.25, -0.2) is 4.79 Å². The zero-order valence-corrected chi connectivity index (χ0v) is 8.11. The molecule has 0 aliphatic heterocycles. The molecule has 3 heteroatoms. The molecule has 1 rings (SSSR count). The Bertz CT molecular complexity index is 404. The van der Waals surface area contributed by atoms with Gasteiger partial charge in [-0.3, -0.25) is 0 Å². The Labute approximate surface area is 82.6 Å². The largest absolute Gasteiger partial charge is 0.478 e. The maximum absolute atomic E-state index is 10.9. The van der Waals surface area contributed by atoms with E-state index in [1.54, 1.807) is 13.0 Å². The fourth-order valence-electron chi connectivity index (χ4n) is 1.51. The SMILES string of the molecule is Cc1cccc(C(=O)O)c1C(C)C#N. The molecule has 0 bridgehead atoms. The Balaban J connectivity index is 3.38. The molecule has 3 nitrogen and oxygen atoms in total. The normalized spacial score (nSPS) is 11.8. The Morgan fingerprint density at radius 3 is 2.71 bits per heavy atom. The first-order valence-corrected chi connectivity index (χ1v) is 4.30. The maximum Gasteiger partial charge on any atom is 0.336 e. The molecule has 0 spiro atoms. The Hall–Kier alpha value is -1.82. The number of nitrogens with zero attached hydrogens (tertiary/aromatic N) is 1. The predicted molar refractivity (Wildman–Crippen MR) is 52.2 cm³/mol. The van der Waals surface area contributed by atoms with Crippen molar-refractivity contribution in [1.29, 1.82) is 5.26 Å². The molecule has 0 radical (unpaired) electrons. The number of rotatable bonds is 2. The summed E-state index contributed by atoms with van der Waals surface area (Å²) in [7, 11) is 0. The number of aromatic carboxylic acids is 1. The van der Waals surface area contributed by atoms with Gasteiger partial charge in [0.2, 0.25) is 0 Å². The monoisotopic (exact) mass is 189 g/mol. The zero-order valence-electron chi connectivity index (χ0n) is 8.11. The van der Waals surface area contributed by atoms with Crippen molar-refractivity contribution in [3.05, 3.63) is 34.9 Å². The molecule has 0 aliphatic carbocycles. The van der Waals surface area contributed by atoms with Gasteiger partial charge in [0.25, 0.3) is 0 Å². The molecule has 0 aromatic heterocycles. The zero-order chi connectivity index (χ0) is 10.7. The van der Waals surface area contributed by atoms with E-state index in [1.165, 1.54) is 6.07 Å². The minimum atomic E-state index is -0.981. The van der Waals surface area contributed by atoms with E-state index in [1.807, 2.05) is 13.0 Å². The van der Waals surface area contributed by atoms with Gasteiger partial charge in [-0.05, 0) is 31.0 Å².